The Labute approximate surface area is 164 Å². The number of methoxy groups -OCH3 is 1. The van der Waals surface area contributed by atoms with Crippen LogP contribution in [0.4, 0.5) is 0 Å². The lowest BCUT2D eigenvalue weighted by Crippen LogP contribution is -2.42. The Hall–Kier alpha value is -2.67. The van der Waals surface area contributed by atoms with Gasteiger partial charge in [-0.3, -0.25) is 9.79 Å². The van der Waals surface area contributed by atoms with Crippen LogP contribution >= 0.6 is 11.8 Å². The van der Waals surface area contributed by atoms with Crippen molar-refractivity contribution in [2.24, 2.45) is 4.99 Å². The zero-order valence-corrected chi connectivity index (χ0v) is 16.5. The number of aliphatic imine (C=N–C) groups is 1. The molecule has 144 valence electrons. The summed E-state index contributed by atoms with van der Waals surface area (Å²) in [6, 6.07) is 17.4. The second-order valence-electron chi connectivity index (χ2n) is 5.58. The van der Waals surface area contributed by atoms with E-state index in [0.29, 0.717) is 24.4 Å². The number of ether oxygens (including phenoxy) is 1. The molecule has 0 saturated heterocycles. The summed E-state index contributed by atoms with van der Waals surface area (Å²) in [6.45, 7) is 1.88. The van der Waals surface area contributed by atoms with Gasteiger partial charge in [-0.2, -0.15) is 0 Å². The molecule has 7 heteroatoms. The summed E-state index contributed by atoms with van der Waals surface area (Å²) >= 11 is 1.79. The maximum atomic E-state index is 12.1. The Morgan fingerprint density at radius 2 is 1.74 bits per heavy atom. The van der Waals surface area contributed by atoms with Crippen molar-refractivity contribution in [1.82, 2.24) is 16.0 Å². The van der Waals surface area contributed by atoms with E-state index in [-0.39, 0.29) is 5.91 Å². The van der Waals surface area contributed by atoms with E-state index < -0.39 is 0 Å². The van der Waals surface area contributed by atoms with Gasteiger partial charge < -0.3 is 20.7 Å². The van der Waals surface area contributed by atoms with Gasteiger partial charge in [-0.15, -0.1) is 11.8 Å². The number of rotatable bonds is 9. The number of carbonyl (C=O) groups is 1. The third kappa shape index (κ3) is 7.62. The molecule has 0 unspecified atom stereocenters. The first kappa shape index (κ1) is 20.6. The highest BCUT2D eigenvalue weighted by molar-refractivity contribution is 7.99. The number of benzene rings is 2. The van der Waals surface area contributed by atoms with Crippen LogP contribution in [0.2, 0.25) is 0 Å². The fourth-order valence-corrected chi connectivity index (χ4v) is 3.09. The van der Waals surface area contributed by atoms with Crippen molar-refractivity contribution in [2.75, 3.05) is 39.5 Å². The van der Waals surface area contributed by atoms with Gasteiger partial charge in [0.1, 0.15) is 5.75 Å². The third-order valence-corrected chi connectivity index (χ3v) is 4.68. The van der Waals surface area contributed by atoms with E-state index in [1.807, 2.05) is 24.3 Å². The number of hydrogen-bond acceptors (Lipinski definition) is 4. The normalized spacial score (nSPS) is 11.0. The minimum atomic E-state index is -0.127. The Balaban J connectivity index is 1.62. The minimum Gasteiger partial charge on any atom is -0.497 e. The topological polar surface area (TPSA) is 74.8 Å². The number of thioether (sulfide) groups is 1. The molecule has 0 bridgehead atoms. The van der Waals surface area contributed by atoms with Crippen molar-refractivity contribution in [3.05, 3.63) is 60.2 Å². The predicted octanol–water partition coefficient (Wildman–Crippen LogP) is 2.38. The van der Waals surface area contributed by atoms with Crippen molar-refractivity contribution in [2.45, 2.75) is 4.90 Å². The molecule has 2 aromatic carbocycles. The highest BCUT2D eigenvalue weighted by atomic mass is 32.2. The maximum absolute atomic E-state index is 12.1. The smallest absolute Gasteiger partial charge is 0.251 e. The van der Waals surface area contributed by atoms with Gasteiger partial charge in [0.25, 0.3) is 5.91 Å². The second kappa shape index (κ2) is 11.9. The fourth-order valence-electron chi connectivity index (χ4n) is 2.30. The molecule has 1 amide bonds. The summed E-state index contributed by atoms with van der Waals surface area (Å²) in [6.07, 6.45) is 0. The Kier molecular flexibility index (Phi) is 9.06. The summed E-state index contributed by atoms with van der Waals surface area (Å²) in [5.41, 5.74) is 0.579. The third-order valence-electron chi connectivity index (χ3n) is 3.66. The van der Waals surface area contributed by atoms with E-state index >= 15 is 0 Å². The minimum absolute atomic E-state index is 0.127. The monoisotopic (exact) mass is 386 g/mol. The van der Waals surface area contributed by atoms with Gasteiger partial charge in [0, 0.05) is 42.9 Å². The lowest BCUT2D eigenvalue weighted by Gasteiger charge is -2.12. The van der Waals surface area contributed by atoms with Gasteiger partial charge in [0.15, 0.2) is 5.96 Å². The number of hydrogen-bond donors (Lipinski definition) is 3. The molecular weight excluding hydrogens is 360 g/mol. The number of nitrogens with zero attached hydrogens (tertiary/aromatic N) is 1. The zero-order chi connectivity index (χ0) is 19.3. The van der Waals surface area contributed by atoms with Crippen LogP contribution in [0.5, 0.6) is 5.75 Å². The number of carbonyl (C=O) groups excluding carboxylic acids is 1. The Morgan fingerprint density at radius 3 is 2.48 bits per heavy atom. The van der Waals surface area contributed by atoms with E-state index in [4.69, 9.17) is 4.74 Å². The summed E-state index contributed by atoms with van der Waals surface area (Å²) in [4.78, 5) is 17.6. The molecule has 0 fully saturated rings. The molecule has 2 aromatic rings. The van der Waals surface area contributed by atoms with Crippen LogP contribution in [0.3, 0.4) is 0 Å². The van der Waals surface area contributed by atoms with Crippen LogP contribution in [0, 0.1) is 0 Å². The van der Waals surface area contributed by atoms with Crippen molar-refractivity contribution in [1.29, 1.82) is 0 Å². The Morgan fingerprint density at radius 1 is 1.00 bits per heavy atom. The molecule has 6 nitrogen and oxygen atoms in total. The van der Waals surface area contributed by atoms with Crippen LogP contribution in [0.15, 0.2) is 64.5 Å². The summed E-state index contributed by atoms with van der Waals surface area (Å²) in [7, 11) is 3.31. The first-order valence-electron chi connectivity index (χ1n) is 8.77. The lowest BCUT2D eigenvalue weighted by atomic mass is 10.2. The van der Waals surface area contributed by atoms with Gasteiger partial charge in [-0.1, -0.05) is 24.3 Å². The largest absolute Gasteiger partial charge is 0.497 e. The molecule has 0 radical (unpaired) electrons. The van der Waals surface area contributed by atoms with Crippen LogP contribution in [0.25, 0.3) is 0 Å². The fraction of sp³-hybridized carbons (Fsp3) is 0.300. The summed E-state index contributed by atoms with van der Waals surface area (Å²) in [5, 5.41) is 9.33. The number of nitrogens with one attached hydrogen (secondary N) is 3. The average Bonchev–Trinajstić information content (AvgIpc) is 2.73. The lowest BCUT2D eigenvalue weighted by molar-refractivity contribution is 0.0954. The molecule has 0 heterocycles. The molecule has 0 aromatic heterocycles. The van der Waals surface area contributed by atoms with E-state index in [9.17, 15) is 4.79 Å². The van der Waals surface area contributed by atoms with Gasteiger partial charge >= 0.3 is 0 Å². The second-order valence-corrected chi connectivity index (χ2v) is 6.74. The molecule has 0 aliphatic carbocycles. The van der Waals surface area contributed by atoms with E-state index in [1.54, 1.807) is 44.1 Å². The SMILES string of the molecule is CN=C(NCCNC(=O)c1cccc(OC)c1)NCCSc1ccccc1. The molecule has 3 N–H and O–H groups in total. The standard InChI is InChI=1S/C20H26N4O2S/c1-21-20(24-13-14-27-18-9-4-3-5-10-18)23-12-11-22-19(25)16-7-6-8-17(15-16)26-2/h3-10,15H,11-14H2,1-2H3,(H,22,25)(H2,21,23,24). The molecule has 0 spiro atoms. The molecule has 0 aliphatic rings. The van der Waals surface area contributed by atoms with Crippen molar-refractivity contribution < 1.29 is 9.53 Å². The predicted molar refractivity (Wildman–Crippen MR) is 112 cm³/mol. The van der Waals surface area contributed by atoms with Gasteiger partial charge in [0.05, 0.1) is 7.11 Å². The molecule has 2 rings (SSSR count). The highest BCUT2D eigenvalue weighted by Crippen LogP contribution is 2.15. The molecule has 0 saturated carbocycles. The van der Waals surface area contributed by atoms with Crippen molar-refractivity contribution in [3.8, 4) is 5.75 Å². The maximum Gasteiger partial charge on any atom is 0.251 e. The van der Waals surface area contributed by atoms with Crippen LogP contribution in [-0.2, 0) is 0 Å². The van der Waals surface area contributed by atoms with E-state index in [2.05, 4.69) is 33.1 Å². The Bertz CT molecular complexity index is 738. The van der Waals surface area contributed by atoms with Crippen LogP contribution in [0.1, 0.15) is 10.4 Å². The van der Waals surface area contributed by atoms with Crippen LogP contribution in [-0.4, -0.2) is 51.4 Å². The van der Waals surface area contributed by atoms with Gasteiger partial charge in [-0.05, 0) is 30.3 Å². The molecule has 0 atom stereocenters. The highest BCUT2D eigenvalue weighted by Gasteiger charge is 2.06. The number of guanidine groups is 1. The first-order valence-corrected chi connectivity index (χ1v) is 9.76. The summed E-state index contributed by atoms with van der Waals surface area (Å²) in [5.74, 6) is 2.20. The van der Waals surface area contributed by atoms with Crippen molar-refractivity contribution >= 4 is 23.6 Å². The summed E-state index contributed by atoms with van der Waals surface area (Å²) < 4.78 is 5.13. The average molecular weight is 387 g/mol. The number of amides is 1. The van der Waals surface area contributed by atoms with E-state index in [1.165, 1.54) is 4.90 Å². The van der Waals surface area contributed by atoms with Gasteiger partial charge in [-0.25, -0.2) is 0 Å². The first-order chi connectivity index (χ1) is 13.2. The van der Waals surface area contributed by atoms with E-state index in [0.717, 1.165) is 18.3 Å². The van der Waals surface area contributed by atoms with Gasteiger partial charge in [0.2, 0.25) is 0 Å². The van der Waals surface area contributed by atoms with Crippen molar-refractivity contribution in [3.63, 3.8) is 0 Å². The molecule has 27 heavy (non-hydrogen) atoms. The molecular formula is C20H26N4O2S. The quantitative estimate of drug-likeness (QED) is 0.267. The zero-order valence-electron chi connectivity index (χ0n) is 15.7. The van der Waals surface area contributed by atoms with Crippen LogP contribution < -0.4 is 20.7 Å². The molecule has 0 aliphatic heterocycles.